The number of rotatable bonds is 5. The summed E-state index contributed by atoms with van der Waals surface area (Å²) < 4.78 is 39.6. The number of carboxylic acids is 1. The molecule has 0 fully saturated rings. The fraction of sp³-hybridized carbons (Fsp3) is 0.0714. The average molecular weight is 423 g/mol. The molecular formula is C14H10BrClFNO4S. The van der Waals surface area contributed by atoms with Gasteiger partial charge in [-0.2, -0.15) is 0 Å². The Bertz CT molecular complexity index is 842. The van der Waals surface area contributed by atoms with Crippen molar-refractivity contribution in [1.82, 2.24) is 0 Å². The monoisotopic (exact) mass is 421 g/mol. The van der Waals surface area contributed by atoms with Gasteiger partial charge in [0.1, 0.15) is 12.4 Å². The van der Waals surface area contributed by atoms with E-state index in [1.807, 2.05) is 0 Å². The lowest BCUT2D eigenvalue weighted by Gasteiger charge is -2.23. The molecule has 2 aromatic carbocycles. The predicted molar refractivity (Wildman–Crippen MR) is 87.7 cm³/mol. The van der Waals surface area contributed by atoms with Crippen LogP contribution in [-0.4, -0.2) is 26.0 Å². The molecular weight excluding hydrogens is 413 g/mol. The van der Waals surface area contributed by atoms with Crippen molar-refractivity contribution in [1.29, 1.82) is 0 Å². The summed E-state index contributed by atoms with van der Waals surface area (Å²) >= 11 is 9.23. The molecule has 0 radical (unpaired) electrons. The van der Waals surface area contributed by atoms with E-state index in [0.29, 0.717) is 8.78 Å². The van der Waals surface area contributed by atoms with Gasteiger partial charge in [-0.05, 0) is 42.5 Å². The number of anilines is 1. The smallest absolute Gasteiger partial charge is 0.324 e. The molecule has 0 heterocycles. The Balaban J connectivity index is 2.57. The molecule has 0 bridgehead atoms. The molecule has 0 atom stereocenters. The number of benzene rings is 2. The summed E-state index contributed by atoms with van der Waals surface area (Å²) in [6.07, 6.45) is 0. The van der Waals surface area contributed by atoms with Gasteiger partial charge in [0, 0.05) is 4.47 Å². The van der Waals surface area contributed by atoms with Crippen LogP contribution < -0.4 is 4.31 Å². The van der Waals surface area contributed by atoms with Crippen LogP contribution in [0.3, 0.4) is 0 Å². The number of carboxylic acid groups (broad SMARTS) is 1. The van der Waals surface area contributed by atoms with E-state index in [1.165, 1.54) is 18.2 Å². The fourth-order valence-electron chi connectivity index (χ4n) is 1.84. The lowest BCUT2D eigenvalue weighted by molar-refractivity contribution is -0.135. The number of halogens is 3. The van der Waals surface area contributed by atoms with Crippen LogP contribution in [0.15, 0.2) is 51.8 Å². The Morgan fingerprint density at radius 2 is 1.83 bits per heavy atom. The van der Waals surface area contributed by atoms with Crippen LogP contribution in [0.2, 0.25) is 5.02 Å². The van der Waals surface area contributed by atoms with E-state index in [9.17, 15) is 17.6 Å². The number of carbonyl (C=O) groups is 1. The standard InChI is InChI=1S/C14H10BrClFNO4S/c15-9-1-6-13(12(16)7-9)18(8-14(19)20)23(21,22)11-4-2-10(17)3-5-11/h1-7H,8H2,(H,19,20). The minimum Gasteiger partial charge on any atom is -0.480 e. The quantitative estimate of drug-likeness (QED) is 0.800. The van der Waals surface area contributed by atoms with Crippen molar-refractivity contribution in [2.24, 2.45) is 0 Å². The number of aliphatic carboxylic acids is 1. The van der Waals surface area contributed by atoms with Crippen LogP contribution >= 0.6 is 27.5 Å². The summed E-state index contributed by atoms with van der Waals surface area (Å²) in [5.41, 5.74) is 0.0154. The minimum atomic E-state index is -4.22. The summed E-state index contributed by atoms with van der Waals surface area (Å²) in [5, 5.41) is 9.09. The highest BCUT2D eigenvalue weighted by atomic mass is 79.9. The van der Waals surface area contributed by atoms with Gasteiger partial charge in [-0.1, -0.05) is 27.5 Å². The summed E-state index contributed by atoms with van der Waals surface area (Å²) in [4.78, 5) is 10.8. The molecule has 0 amide bonds. The van der Waals surface area contributed by atoms with Gasteiger partial charge >= 0.3 is 5.97 Å². The first-order valence-corrected chi connectivity index (χ1v) is 8.78. The summed E-state index contributed by atoms with van der Waals surface area (Å²) in [6, 6.07) is 8.46. The minimum absolute atomic E-state index is 0.0154. The SMILES string of the molecule is O=C(O)CN(c1ccc(Br)cc1Cl)S(=O)(=O)c1ccc(F)cc1. The van der Waals surface area contributed by atoms with Crippen molar-refractivity contribution in [3.63, 3.8) is 0 Å². The van der Waals surface area contributed by atoms with Crippen molar-refractivity contribution in [3.8, 4) is 0 Å². The molecule has 9 heteroatoms. The van der Waals surface area contributed by atoms with Crippen molar-refractivity contribution in [2.45, 2.75) is 4.90 Å². The zero-order valence-corrected chi connectivity index (χ0v) is 14.6. The summed E-state index contributed by atoms with van der Waals surface area (Å²) in [6.45, 7) is -0.818. The molecule has 0 spiro atoms. The molecule has 0 unspecified atom stereocenters. The maximum Gasteiger partial charge on any atom is 0.324 e. The van der Waals surface area contributed by atoms with Crippen molar-refractivity contribution >= 4 is 49.2 Å². The molecule has 0 aliphatic heterocycles. The van der Waals surface area contributed by atoms with Gasteiger partial charge in [-0.15, -0.1) is 0 Å². The molecule has 1 N–H and O–H groups in total. The van der Waals surface area contributed by atoms with E-state index in [0.717, 1.165) is 24.3 Å². The van der Waals surface area contributed by atoms with E-state index >= 15 is 0 Å². The summed E-state index contributed by atoms with van der Waals surface area (Å²) in [7, 11) is -4.22. The van der Waals surface area contributed by atoms with Crippen molar-refractivity contribution in [3.05, 3.63) is 57.8 Å². The van der Waals surface area contributed by atoms with Crippen LogP contribution in [0.1, 0.15) is 0 Å². The van der Waals surface area contributed by atoms with Crippen LogP contribution in [0.25, 0.3) is 0 Å². The molecule has 0 aliphatic rings. The second-order valence-electron chi connectivity index (χ2n) is 4.46. The lowest BCUT2D eigenvalue weighted by Crippen LogP contribution is -2.36. The lowest BCUT2D eigenvalue weighted by atomic mass is 10.3. The molecule has 122 valence electrons. The molecule has 23 heavy (non-hydrogen) atoms. The Labute approximate surface area is 145 Å². The van der Waals surface area contributed by atoms with Crippen LogP contribution in [0.4, 0.5) is 10.1 Å². The van der Waals surface area contributed by atoms with Gasteiger partial charge in [0.2, 0.25) is 0 Å². The Kier molecular flexibility index (Phi) is 5.28. The van der Waals surface area contributed by atoms with E-state index in [2.05, 4.69) is 15.9 Å². The van der Waals surface area contributed by atoms with Gasteiger partial charge in [0.05, 0.1) is 15.6 Å². The zero-order chi connectivity index (χ0) is 17.2. The number of hydrogen-bond donors (Lipinski definition) is 1. The normalized spacial score (nSPS) is 11.3. The van der Waals surface area contributed by atoms with Crippen LogP contribution in [0, 0.1) is 5.82 Å². The highest BCUT2D eigenvalue weighted by Gasteiger charge is 2.28. The second-order valence-corrected chi connectivity index (χ2v) is 7.64. The van der Waals surface area contributed by atoms with Crippen LogP contribution in [0.5, 0.6) is 0 Å². The van der Waals surface area contributed by atoms with Crippen LogP contribution in [-0.2, 0) is 14.8 Å². The van der Waals surface area contributed by atoms with Gasteiger partial charge in [0.15, 0.2) is 0 Å². The maximum atomic E-state index is 13.0. The largest absolute Gasteiger partial charge is 0.480 e. The first kappa shape index (κ1) is 17.7. The fourth-order valence-corrected chi connectivity index (χ4v) is 4.10. The van der Waals surface area contributed by atoms with Gasteiger partial charge < -0.3 is 5.11 Å². The van der Waals surface area contributed by atoms with Gasteiger partial charge in [0.25, 0.3) is 10.0 Å². The van der Waals surface area contributed by atoms with Gasteiger partial charge in [-0.25, -0.2) is 12.8 Å². The molecule has 0 saturated heterocycles. The van der Waals surface area contributed by atoms with E-state index < -0.39 is 28.4 Å². The van der Waals surface area contributed by atoms with E-state index in [1.54, 1.807) is 0 Å². The first-order chi connectivity index (χ1) is 10.7. The van der Waals surface area contributed by atoms with E-state index in [-0.39, 0.29) is 15.6 Å². The van der Waals surface area contributed by atoms with E-state index in [4.69, 9.17) is 16.7 Å². The third kappa shape index (κ3) is 4.01. The maximum absolute atomic E-state index is 13.0. The first-order valence-electron chi connectivity index (χ1n) is 6.17. The highest BCUT2D eigenvalue weighted by Crippen LogP contribution is 2.32. The molecule has 2 aromatic rings. The zero-order valence-electron chi connectivity index (χ0n) is 11.4. The molecule has 5 nitrogen and oxygen atoms in total. The Morgan fingerprint density at radius 1 is 1.22 bits per heavy atom. The second kappa shape index (κ2) is 6.86. The number of nitrogens with zero attached hydrogens (tertiary/aromatic N) is 1. The topological polar surface area (TPSA) is 74.7 Å². The van der Waals surface area contributed by atoms with Crippen molar-refractivity contribution in [2.75, 3.05) is 10.8 Å². The molecule has 0 aromatic heterocycles. The molecule has 2 rings (SSSR count). The average Bonchev–Trinajstić information content (AvgIpc) is 2.45. The van der Waals surface area contributed by atoms with Crippen molar-refractivity contribution < 1.29 is 22.7 Å². The molecule has 0 aliphatic carbocycles. The third-order valence-corrected chi connectivity index (χ3v) is 5.43. The Morgan fingerprint density at radius 3 is 2.35 bits per heavy atom. The summed E-state index contributed by atoms with van der Waals surface area (Å²) in [5.74, 6) is -1.95. The Hall–Kier alpha value is -1.64. The number of hydrogen-bond acceptors (Lipinski definition) is 3. The van der Waals surface area contributed by atoms with Gasteiger partial charge in [-0.3, -0.25) is 9.10 Å². The predicted octanol–water partition coefficient (Wildman–Crippen LogP) is 3.52. The highest BCUT2D eigenvalue weighted by molar-refractivity contribution is 9.10. The third-order valence-electron chi connectivity index (χ3n) is 2.86. The number of sulfonamides is 1. The molecule has 0 saturated carbocycles.